The summed E-state index contributed by atoms with van der Waals surface area (Å²) in [4.78, 5) is 14.8. The molecule has 1 aromatic rings. The van der Waals surface area contributed by atoms with Gasteiger partial charge in [-0.05, 0) is 18.2 Å². The average molecular weight is 266 g/mol. The van der Waals surface area contributed by atoms with E-state index in [0.717, 1.165) is 10.6 Å². The van der Waals surface area contributed by atoms with Gasteiger partial charge in [0.1, 0.15) is 0 Å². The van der Waals surface area contributed by atoms with Crippen LogP contribution in [0.1, 0.15) is 13.8 Å². The fourth-order valence-corrected chi connectivity index (χ4v) is 2.79. The highest BCUT2D eigenvalue weighted by atomic mass is 32.2. The first-order valence-corrected chi connectivity index (χ1v) is 6.85. The summed E-state index contributed by atoms with van der Waals surface area (Å²) in [6.07, 6.45) is 0. The molecule has 0 aromatic heterocycles. The molecule has 1 aromatic carbocycles. The summed E-state index contributed by atoms with van der Waals surface area (Å²) in [7, 11) is 0. The quantitative estimate of drug-likeness (QED) is 0.818. The molecule has 2 rings (SSSR count). The number of benzene rings is 1. The third-order valence-corrected chi connectivity index (χ3v) is 3.99. The topological polar surface area (TPSA) is 66.6 Å². The van der Waals surface area contributed by atoms with Gasteiger partial charge in [-0.15, -0.1) is 11.8 Å². The highest BCUT2D eigenvalue weighted by Gasteiger charge is 2.30. The molecule has 0 fully saturated rings. The van der Waals surface area contributed by atoms with Crippen molar-refractivity contribution in [2.75, 3.05) is 29.5 Å². The van der Waals surface area contributed by atoms with Crippen LogP contribution >= 0.6 is 11.8 Å². The van der Waals surface area contributed by atoms with Crippen molar-refractivity contribution >= 4 is 29.0 Å². The fourth-order valence-electron chi connectivity index (χ4n) is 1.87. The van der Waals surface area contributed by atoms with E-state index in [9.17, 15) is 9.90 Å². The second-order valence-electron chi connectivity index (χ2n) is 5.32. The monoisotopic (exact) mass is 266 g/mol. The summed E-state index contributed by atoms with van der Waals surface area (Å²) >= 11 is 1.53. The summed E-state index contributed by atoms with van der Waals surface area (Å²) in [5, 5.41) is 9.35. The normalized spacial score (nSPS) is 15.7. The third-order valence-electron chi connectivity index (χ3n) is 2.94. The largest absolute Gasteiger partial charge is 0.399 e. The number of hydrogen-bond acceptors (Lipinski definition) is 4. The number of rotatable bonds is 3. The smallest absolute Gasteiger partial charge is 0.237 e. The van der Waals surface area contributed by atoms with Crippen molar-refractivity contribution < 1.29 is 9.90 Å². The van der Waals surface area contributed by atoms with Crippen molar-refractivity contribution in [1.29, 1.82) is 0 Å². The zero-order valence-corrected chi connectivity index (χ0v) is 11.5. The van der Waals surface area contributed by atoms with Crippen molar-refractivity contribution in [2.24, 2.45) is 5.41 Å². The minimum Gasteiger partial charge on any atom is -0.399 e. The molecule has 98 valence electrons. The summed E-state index contributed by atoms with van der Waals surface area (Å²) in [6.45, 7) is 4.42. The summed E-state index contributed by atoms with van der Waals surface area (Å²) in [5.74, 6) is 0.512. The van der Waals surface area contributed by atoms with E-state index in [0.29, 0.717) is 18.0 Å². The van der Waals surface area contributed by atoms with Crippen molar-refractivity contribution in [2.45, 2.75) is 18.7 Å². The van der Waals surface area contributed by atoms with E-state index in [2.05, 4.69) is 0 Å². The molecule has 18 heavy (non-hydrogen) atoms. The third kappa shape index (κ3) is 2.62. The molecular weight excluding hydrogens is 248 g/mol. The first kappa shape index (κ1) is 13.2. The Morgan fingerprint density at radius 2 is 2.22 bits per heavy atom. The number of nitrogen functional groups attached to an aromatic ring is 1. The van der Waals surface area contributed by atoms with Crippen molar-refractivity contribution in [3.05, 3.63) is 18.2 Å². The lowest BCUT2D eigenvalue weighted by atomic mass is 9.93. The van der Waals surface area contributed by atoms with E-state index < -0.39 is 0 Å². The van der Waals surface area contributed by atoms with Gasteiger partial charge in [0.2, 0.25) is 5.91 Å². The molecule has 0 saturated heterocycles. The van der Waals surface area contributed by atoms with Crippen molar-refractivity contribution in [1.82, 2.24) is 0 Å². The number of aliphatic hydroxyl groups excluding tert-OH is 1. The molecule has 3 N–H and O–H groups in total. The van der Waals surface area contributed by atoms with Crippen LogP contribution in [0.5, 0.6) is 0 Å². The number of carbonyl (C=O) groups is 1. The molecule has 0 unspecified atom stereocenters. The van der Waals surface area contributed by atoms with E-state index in [4.69, 9.17) is 5.73 Å². The summed E-state index contributed by atoms with van der Waals surface area (Å²) < 4.78 is 0. The minimum absolute atomic E-state index is 0.0432. The Hall–Kier alpha value is -1.20. The van der Waals surface area contributed by atoms with Gasteiger partial charge >= 0.3 is 0 Å². The predicted molar refractivity (Wildman–Crippen MR) is 74.8 cm³/mol. The van der Waals surface area contributed by atoms with Crippen LogP contribution in [-0.4, -0.2) is 29.9 Å². The average Bonchev–Trinajstić information content (AvgIpc) is 2.33. The standard InChI is InChI=1S/C13H18N2O2S/c1-13(2,8-16)7-15-10-5-9(14)3-4-11(10)18-6-12(15)17/h3-5,16H,6-8,14H2,1-2H3. The maximum absolute atomic E-state index is 12.0. The number of aliphatic hydroxyl groups is 1. The molecule has 1 amide bonds. The first-order chi connectivity index (χ1) is 8.43. The lowest BCUT2D eigenvalue weighted by Gasteiger charge is -2.35. The van der Waals surface area contributed by atoms with Crippen LogP contribution in [0.15, 0.2) is 23.1 Å². The van der Waals surface area contributed by atoms with Crippen LogP contribution < -0.4 is 10.6 Å². The number of nitrogens with zero attached hydrogens (tertiary/aromatic N) is 1. The molecule has 0 atom stereocenters. The number of fused-ring (bicyclic) bond motifs is 1. The van der Waals surface area contributed by atoms with Crippen LogP contribution in [0.25, 0.3) is 0 Å². The van der Waals surface area contributed by atoms with E-state index >= 15 is 0 Å². The number of amides is 1. The molecule has 0 radical (unpaired) electrons. The SMILES string of the molecule is CC(C)(CO)CN1C(=O)CSc2ccc(N)cc21. The number of nitrogens with two attached hydrogens (primary N) is 1. The highest BCUT2D eigenvalue weighted by molar-refractivity contribution is 8.00. The molecule has 4 nitrogen and oxygen atoms in total. The second-order valence-corrected chi connectivity index (χ2v) is 6.34. The van der Waals surface area contributed by atoms with E-state index in [1.165, 1.54) is 11.8 Å². The summed E-state index contributed by atoms with van der Waals surface area (Å²) in [6, 6.07) is 5.62. The Morgan fingerprint density at radius 1 is 1.50 bits per heavy atom. The van der Waals surface area contributed by atoms with Crippen molar-refractivity contribution in [3.8, 4) is 0 Å². The van der Waals surface area contributed by atoms with Crippen LogP contribution in [0.2, 0.25) is 0 Å². The molecule has 5 heteroatoms. The van der Waals surface area contributed by atoms with Gasteiger partial charge in [0.15, 0.2) is 0 Å². The molecule has 0 spiro atoms. The van der Waals surface area contributed by atoms with Crippen LogP contribution in [0.4, 0.5) is 11.4 Å². The second kappa shape index (κ2) is 4.82. The number of anilines is 2. The van der Waals surface area contributed by atoms with Crippen LogP contribution in [0.3, 0.4) is 0 Å². The molecular formula is C13H18N2O2S. The van der Waals surface area contributed by atoms with Crippen molar-refractivity contribution in [3.63, 3.8) is 0 Å². The van der Waals surface area contributed by atoms with Gasteiger partial charge in [-0.1, -0.05) is 13.8 Å². The first-order valence-electron chi connectivity index (χ1n) is 5.86. The van der Waals surface area contributed by atoms with E-state index in [1.54, 1.807) is 4.90 Å². The predicted octanol–water partition coefficient (Wildman–Crippen LogP) is 1.73. The molecule has 0 aliphatic carbocycles. The maximum atomic E-state index is 12.0. The zero-order valence-electron chi connectivity index (χ0n) is 10.6. The molecule has 0 saturated carbocycles. The maximum Gasteiger partial charge on any atom is 0.237 e. The van der Waals surface area contributed by atoms with Gasteiger partial charge in [-0.2, -0.15) is 0 Å². The molecule has 0 bridgehead atoms. The van der Waals surface area contributed by atoms with Gasteiger partial charge in [-0.3, -0.25) is 4.79 Å². The minimum atomic E-state index is -0.320. The molecule has 1 heterocycles. The number of thioether (sulfide) groups is 1. The lowest BCUT2D eigenvalue weighted by Crippen LogP contribution is -2.43. The lowest BCUT2D eigenvalue weighted by molar-refractivity contribution is -0.116. The van der Waals surface area contributed by atoms with Crippen LogP contribution in [0, 0.1) is 5.41 Å². The van der Waals surface area contributed by atoms with E-state index in [1.807, 2.05) is 32.0 Å². The van der Waals surface area contributed by atoms with Gasteiger partial charge in [-0.25, -0.2) is 0 Å². The Labute approximate surface area is 111 Å². The van der Waals surface area contributed by atoms with Gasteiger partial charge in [0.05, 0.1) is 11.4 Å². The summed E-state index contributed by atoms with van der Waals surface area (Å²) in [5.41, 5.74) is 6.98. The fraction of sp³-hybridized carbons (Fsp3) is 0.462. The Bertz CT molecular complexity index is 474. The number of carbonyl (C=O) groups excluding carboxylic acids is 1. The Morgan fingerprint density at radius 3 is 2.89 bits per heavy atom. The molecule has 1 aliphatic rings. The Kier molecular flexibility index (Phi) is 3.54. The Balaban J connectivity index is 2.36. The van der Waals surface area contributed by atoms with Gasteiger partial charge < -0.3 is 15.7 Å². The van der Waals surface area contributed by atoms with Crippen LogP contribution in [-0.2, 0) is 4.79 Å². The number of hydrogen-bond donors (Lipinski definition) is 2. The highest BCUT2D eigenvalue weighted by Crippen LogP contribution is 2.37. The van der Waals surface area contributed by atoms with E-state index in [-0.39, 0.29) is 17.9 Å². The van der Waals surface area contributed by atoms with Gasteiger partial charge in [0, 0.05) is 29.1 Å². The molecule has 1 aliphatic heterocycles. The van der Waals surface area contributed by atoms with Gasteiger partial charge in [0.25, 0.3) is 0 Å². The zero-order chi connectivity index (χ0) is 13.3.